The van der Waals surface area contributed by atoms with E-state index < -0.39 is 11.9 Å². The van der Waals surface area contributed by atoms with Gasteiger partial charge < -0.3 is 0 Å². The highest BCUT2D eigenvalue weighted by atomic mass is 32.2. The van der Waals surface area contributed by atoms with E-state index in [1.807, 2.05) is 0 Å². The largest absolute Gasteiger partial charge is 0.433 e. The smallest absolute Gasteiger partial charge is 0.276 e. The molecular formula is C10H9F3N4S. The quantitative estimate of drug-likeness (QED) is 0.637. The van der Waals surface area contributed by atoms with Crippen LogP contribution >= 0.6 is 11.8 Å². The molecule has 0 fully saturated rings. The Kier molecular flexibility index (Phi) is 3.55. The van der Waals surface area contributed by atoms with Crippen LogP contribution in [0.3, 0.4) is 0 Å². The van der Waals surface area contributed by atoms with Crippen LogP contribution in [-0.4, -0.2) is 19.7 Å². The SMILES string of the molecule is Cn1cc(CSc2nccc(C(F)(F)F)n2)cn1. The predicted octanol–water partition coefficient (Wildman–Crippen LogP) is 2.52. The topological polar surface area (TPSA) is 43.6 Å². The van der Waals surface area contributed by atoms with E-state index >= 15 is 0 Å². The number of aryl methyl sites for hydroxylation is 1. The Morgan fingerprint density at radius 2 is 2.17 bits per heavy atom. The first-order chi connectivity index (χ1) is 8.45. The van der Waals surface area contributed by atoms with Crippen LogP contribution in [0.4, 0.5) is 13.2 Å². The Hall–Kier alpha value is -1.57. The van der Waals surface area contributed by atoms with Gasteiger partial charge in [-0.25, -0.2) is 9.97 Å². The number of thioether (sulfide) groups is 1. The number of nitrogens with zero attached hydrogens (tertiary/aromatic N) is 4. The predicted molar refractivity (Wildman–Crippen MR) is 59.8 cm³/mol. The lowest BCUT2D eigenvalue weighted by molar-refractivity contribution is -0.141. The Labute approximate surface area is 105 Å². The van der Waals surface area contributed by atoms with Gasteiger partial charge in [0.15, 0.2) is 5.16 Å². The number of aromatic nitrogens is 4. The van der Waals surface area contributed by atoms with Crippen LogP contribution < -0.4 is 0 Å². The minimum atomic E-state index is -4.44. The second-order valence-electron chi connectivity index (χ2n) is 3.53. The van der Waals surface area contributed by atoms with Gasteiger partial charge in [0.2, 0.25) is 0 Å². The van der Waals surface area contributed by atoms with Crippen molar-refractivity contribution in [1.82, 2.24) is 19.7 Å². The molecule has 0 unspecified atom stereocenters. The van der Waals surface area contributed by atoms with E-state index in [1.165, 1.54) is 0 Å². The molecule has 0 amide bonds. The highest BCUT2D eigenvalue weighted by molar-refractivity contribution is 7.98. The first kappa shape index (κ1) is 12.9. The zero-order valence-corrected chi connectivity index (χ0v) is 10.2. The number of halogens is 3. The molecule has 8 heteroatoms. The van der Waals surface area contributed by atoms with Crippen LogP contribution in [-0.2, 0) is 19.0 Å². The zero-order chi connectivity index (χ0) is 13.2. The van der Waals surface area contributed by atoms with Gasteiger partial charge in [0.25, 0.3) is 0 Å². The number of hydrogen-bond donors (Lipinski definition) is 0. The molecule has 0 atom stereocenters. The standard InChI is InChI=1S/C10H9F3N4S/c1-17-5-7(4-15-17)6-18-9-14-3-2-8(16-9)10(11,12)13/h2-5H,6H2,1H3. The molecule has 0 aliphatic heterocycles. The molecule has 18 heavy (non-hydrogen) atoms. The minimum Gasteiger partial charge on any atom is -0.276 e. The van der Waals surface area contributed by atoms with E-state index in [2.05, 4.69) is 15.1 Å². The average Bonchev–Trinajstić information content (AvgIpc) is 2.72. The number of alkyl halides is 3. The van der Waals surface area contributed by atoms with Crippen LogP contribution in [0.15, 0.2) is 29.8 Å². The fourth-order valence-corrected chi connectivity index (χ4v) is 2.01. The normalized spacial score (nSPS) is 11.8. The molecule has 0 saturated heterocycles. The maximum absolute atomic E-state index is 12.4. The Bertz CT molecular complexity index is 538. The van der Waals surface area contributed by atoms with Crippen molar-refractivity contribution in [3.05, 3.63) is 35.9 Å². The summed E-state index contributed by atoms with van der Waals surface area (Å²) in [6.07, 6.45) is 0.120. The van der Waals surface area contributed by atoms with E-state index in [0.717, 1.165) is 29.6 Å². The minimum absolute atomic E-state index is 0.105. The van der Waals surface area contributed by atoms with Crippen molar-refractivity contribution < 1.29 is 13.2 Å². The first-order valence-corrected chi connectivity index (χ1v) is 5.94. The van der Waals surface area contributed by atoms with Gasteiger partial charge in [-0.15, -0.1) is 0 Å². The monoisotopic (exact) mass is 274 g/mol. The number of hydrogen-bond acceptors (Lipinski definition) is 4. The van der Waals surface area contributed by atoms with E-state index in [0.29, 0.717) is 5.75 Å². The summed E-state index contributed by atoms with van der Waals surface area (Å²) in [5, 5.41) is 4.07. The van der Waals surface area contributed by atoms with Gasteiger partial charge in [0.05, 0.1) is 6.20 Å². The van der Waals surface area contributed by atoms with Gasteiger partial charge in [0.1, 0.15) is 5.69 Å². The van der Waals surface area contributed by atoms with Crippen molar-refractivity contribution in [1.29, 1.82) is 0 Å². The maximum atomic E-state index is 12.4. The van der Waals surface area contributed by atoms with E-state index in [4.69, 9.17) is 0 Å². The van der Waals surface area contributed by atoms with Crippen molar-refractivity contribution in [2.24, 2.45) is 7.05 Å². The second-order valence-corrected chi connectivity index (χ2v) is 4.48. The Balaban J connectivity index is 2.06. The molecule has 96 valence electrons. The van der Waals surface area contributed by atoms with Gasteiger partial charge in [-0.2, -0.15) is 18.3 Å². The molecule has 0 N–H and O–H groups in total. The van der Waals surface area contributed by atoms with E-state index in [9.17, 15) is 13.2 Å². The third-order valence-electron chi connectivity index (χ3n) is 2.05. The van der Waals surface area contributed by atoms with Crippen molar-refractivity contribution >= 4 is 11.8 Å². The van der Waals surface area contributed by atoms with Crippen LogP contribution in [0.25, 0.3) is 0 Å². The molecule has 2 aromatic rings. The van der Waals surface area contributed by atoms with Crippen LogP contribution in [0, 0.1) is 0 Å². The maximum Gasteiger partial charge on any atom is 0.433 e. The zero-order valence-electron chi connectivity index (χ0n) is 9.35. The third kappa shape index (κ3) is 3.22. The fraction of sp³-hybridized carbons (Fsp3) is 0.300. The van der Waals surface area contributed by atoms with Gasteiger partial charge in [-0.3, -0.25) is 4.68 Å². The molecule has 2 aromatic heterocycles. The van der Waals surface area contributed by atoms with Gasteiger partial charge in [0, 0.05) is 30.8 Å². The summed E-state index contributed by atoms with van der Waals surface area (Å²) in [4.78, 5) is 7.26. The lowest BCUT2D eigenvalue weighted by Gasteiger charge is -2.06. The summed E-state index contributed by atoms with van der Waals surface area (Å²) in [6, 6.07) is 0.855. The lowest BCUT2D eigenvalue weighted by Crippen LogP contribution is -2.08. The van der Waals surface area contributed by atoms with Gasteiger partial charge in [-0.05, 0) is 6.07 Å². The van der Waals surface area contributed by atoms with Crippen molar-refractivity contribution in [3.63, 3.8) is 0 Å². The highest BCUT2D eigenvalue weighted by Gasteiger charge is 2.32. The Morgan fingerprint density at radius 1 is 1.39 bits per heavy atom. The molecule has 0 aromatic carbocycles. The van der Waals surface area contributed by atoms with Crippen LogP contribution in [0.2, 0.25) is 0 Å². The number of rotatable bonds is 3. The van der Waals surface area contributed by atoms with E-state index in [1.54, 1.807) is 24.1 Å². The molecule has 0 aliphatic carbocycles. The Morgan fingerprint density at radius 3 is 2.78 bits per heavy atom. The molecular weight excluding hydrogens is 265 g/mol. The molecule has 0 aliphatic rings. The molecule has 0 radical (unpaired) electrons. The summed E-state index contributed by atoms with van der Waals surface area (Å²) in [6.45, 7) is 0. The van der Waals surface area contributed by atoms with E-state index in [-0.39, 0.29) is 5.16 Å². The first-order valence-electron chi connectivity index (χ1n) is 4.96. The van der Waals surface area contributed by atoms with Gasteiger partial charge in [-0.1, -0.05) is 11.8 Å². The average molecular weight is 274 g/mol. The molecule has 4 nitrogen and oxygen atoms in total. The summed E-state index contributed by atoms with van der Waals surface area (Å²) in [5.74, 6) is 0.481. The van der Waals surface area contributed by atoms with Crippen molar-refractivity contribution in [3.8, 4) is 0 Å². The summed E-state index contributed by atoms with van der Waals surface area (Å²) >= 11 is 1.14. The molecule has 2 rings (SSSR count). The molecule has 0 spiro atoms. The fourth-order valence-electron chi connectivity index (χ4n) is 1.26. The van der Waals surface area contributed by atoms with Crippen molar-refractivity contribution in [2.45, 2.75) is 17.1 Å². The van der Waals surface area contributed by atoms with Crippen molar-refractivity contribution in [2.75, 3.05) is 0 Å². The highest BCUT2D eigenvalue weighted by Crippen LogP contribution is 2.28. The molecule has 0 bridgehead atoms. The summed E-state index contributed by atoms with van der Waals surface area (Å²) in [7, 11) is 1.77. The second kappa shape index (κ2) is 4.97. The molecule has 2 heterocycles. The lowest BCUT2D eigenvalue weighted by atomic mass is 10.4. The summed E-state index contributed by atoms with van der Waals surface area (Å²) in [5.41, 5.74) is -0.0188. The van der Waals surface area contributed by atoms with Gasteiger partial charge >= 0.3 is 6.18 Å². The van der Waals surface area contributed by atoms with Crippen LogP contribution in [0.5, 0.6) is 0 Å². The third-order valence-corrected chi connectivity index (χ3v) is 2.98. The molecule has 0 saturated carbocycles. The van der Waals surface area contributed by atoms with Crippen LogP contribution in [0.1, 0.15) is 11.3 Å². The summed E-state index contributed by atoms with van der Waals surface area (Å²) < 4.78 is 38.9.